The Labute approximate surface area is 116 Å². The normalized spacial score (nSPS) is 15.5. The van der Waals surface area contributed by atoms with Crippen LogP contribution in [-0.2, 0) is 10.3 Å². The minimum Gasteiger partial charge on any atom is -0.368 e. The van der Waals surface area contributed by atoms with Gasteiger partial charge in [0.25, 0.3) is 0 Å². The second-order valence-corrected chi connectivity index (χ2v) is 5.26. The van der Waals surface area contributed by atoms with E-state index in [2.05, 4.69) is 36.2 Å². The van der Waals surface area contributed by atoms with Crippen molar-refractivity contribution in [3.63, 3.8) is 0 Å². The zero-order chi connectivity index (χ0) is 14.5. The molecule has 0 aliphatic carbocycles. The molecule has 2 unspecified atom stereocenters. The van der Waals surface area contributed by atoms with Gasteiger partial charge in [0, 0.05) is 12.6 Å². The molecule has 0 radical (unpaired) electrons. The Morgan fingerprint density at radius 3 is 2.53 bits per heavy atom. The minimum absolute atomic E-state index is 0.235. The quantitative estimate of drug-likeness (QED) is 0.786. The van der Waals surface area contributed by atoms with Gasteiger partial charge in [-0.3, -0.25) is 0 Å². The molecule has 0 aliphatic rings. The molecule has 5 nitrogen and oxygen atoms in total. The predicted octanol–water partition coefficient (Wildman–Crippen LogP) is 2.83. The van der Waals surface area contributed by atoms with Crippen LogP contribution >= 0.6 is 0 Å². The molecule has 0 amide bonds. The highest BCUT2D eigenvalue weighted by Gasteiger charge is 2.30. The van der Waals surface area contributed by atoms with Gasteiger partial charge in [-0.15, -0.1) is 0 Å². The molecule has 19 heavy (non-hydrogen) atoms. The molecule has 2 atom stereocenters. The van der Waals surface area contributed by atoms with Crippen molar-refractivity contribution >= 4 is 0 Å². The summed E-state index contributed by atoms with van der Waals surface area (Å²) in [5.41, 5.74) is -0.504. The molecule has 1 aromatic rings. The summed E-state index contributed by atoms with van der Waals surface area (Å²) in [6, 6.07) is 0.318. The third-order valence-electron chi connectivity index (χ3n) is 3.37. The summed E-state index contributed by atoms with van der Waals surface area (Å²) in [7, 11) is 0. The lowest BCUT2D eigenvalue weighted by molar-refractivity contribution is -0.0221. The highest BCUT2D eigenvalue weighted by atomic mass is 16.5. The first-order valence-corrected chi connectivity index (χ1v) is 7.17. The molecule has 1 aromatic heterocycles. The van der Waals surface area contributed by atoms with E-state index in [0.29, 0.717) is 24.4 Å². The molecule has 5 heteroatoms. The van der Waals surface area contributed by atoms with Gasteiger partial charge in [-0.1, -0.05) is 19.0 Å². The lowest BCUT2D eigenvalue weighted by Crippen LogP contribution is -2.32. The number of likely N-dealkylation sites (N-methyl/N-ethyl adjacent to an activating group) is 1. The Morgan fingerprint density at radius 1 is 1.32 bits per heavy atom. The van der Waals surface area contributed by atoms with Crippen LogP contribution in [0.5, 0.6) is 0 Å². The van der Waals surface area contributed by atoms with Crippen molar-refractivity contribution in [2.45, 2.75) is 65.5 Å². The molecule has 0 saturated heterocycles. The lowest BCUT2D eigenvalue weighted by Gasteiger charge is -2.21. The maximum Gasteiger partial charge on any atom is 0.231 e. The van der Waals surface area contributed by atoms with Crippen molar-refractivity contribution in [3.8, 4) is 0 Å². The van der Waals surface area contributed by atoms with E-state index in [4.69, 9.17) is 9.26 Å². The first kappa shape index (κ1) is 16.1. The monoisotopic (exact) mass is 269 g/mol. The van der Waals surface area contributed by atoms with Gasteiger partial charge in [-0.05, 0) is 40.7 Å². The number of ether oxygens (including phenoxy) is 1. The molecular formula is C14H27N3O2. The van der Waals surface area contributed by atoms with Crippen LogP contribution in [0.25, 0.3) is 0 Å². The second kappa shape index (κ2) is 7.01. The van der Waals surface area contributed by atoms with Gasteiger partial charge in [-0.2, -0.15) is 4.98 Å². The van der Waals surface area contributed by atoms with Crippen molar-refractivity contribution in [2.75, 3.05) is 13.2 Å². The maximum absolute atomic E-state index is 5.65. The van der Waals surface area contributed by atoms with Crippen LogP contribution < -0.4 is 5.32 Å². The number of nitrogens with zero attached hydrogens (tertiary/aromatic N) is 2. The van der Waals surface area contributed by atoms with Gasteiger partial charge in [0.2, 0.25) is 11.7 Å². The van der Waals surface area contributed by atoms with Crippen molar-refractivity contribution < 1.29 is 9.26 Å². The van der Waals surface area contributed by atoms with Crippen LogP contribution in [0.4, 0.5) is 0 Å². The molecule has 1 N–H and O–H groups in total. The summed E-state index contributed by atoms with van der Waals surface area (Å²) in [4.78, 5) is 4.53. The Hall–Kier alpha value is -0.940. The molecule has 0 bridgehead atoms. The lowest BCUT2D eigenvalue weighted by atomic mass is 9.98. The highest BCUT2D eigenvalue weighted by Crippen LogP contribution is 2.26. The zero-order valence-electron chi connectivity index (χ0n) is 13.0. The molecule has 0 spiro atoms. The van der Waals surface area contributed by atoms with Crippen molar-refractivity contribution in [1.29, 1.82) is 0 Å². The minimum atomic E-state index is -0.504. The highest BCUT2D eigenvalue weighted by molar-refractivity contribution is 5.02. The smallest absolute Gasteiger partial charge is 0.231 e. The third-order valence-corrected chi connectivity index (χ3v) is 3.37. The predicted molar refractivity (Wildman–Crippen MR) is 75.1 cm³/mol. The Bertz CT molecular complexity index is 377. The Morgan fingerprint density at radius 2 is 2.00 bits per heavy atom. The van der Waals surface area contributed by atoms with Crippen molar-refractivity contribution in [1.82, 2.24) is 15.5 Å². The molecule has 0 aliphatic heterocycles. The van der Waals surface area contributed by atoms with Gasteiger partial charge in [0.05, 0.1) is 5.92 Å². The van der Waals surface area contributed by atoms with Crippen LogP contribution in [0.3, 0.4) is 0 Å². The maximum atomic E-state index is 5.65. The van der Waals surface area contributed by atoms with E-state index < -0.39 is 5.60 Å². The fourth-order valence-electron chi connectivity index (χ4n) is 2.26. The van der Waals surface area contributed by atoms with E-state index in [-0.39, 0.29) is 5.92 Å². The average molecular weight is 269 g/mol. The summed E-state index contributed by atoms with van der Waals surface area (Å²) >= 11 is 0. The SMILES string of the molecule is CCNC(C)C(CC)c1nc(C(C)(C)OCC)no1. The third kappa shape index (κ3) is 4.01. The molecule has 1 heterocycles. The van der Waals surface area contributed by atoms with Crippen LogP contribution in [0.15, 0.2) is 4.52 Å². The van der Waals surface area contributed by atoms with Gasteiger partial charge in [-0.25, -0.2) is 0 Å². The van der Waals surface area contributed by atoms with Crippen LogP contribution in [-0.4, -0.2) is 29.3 Å². The number of hydrogen-bond donors (Lipinski definition) is 1. The summed E-state index contributed by atoms with van der Waals surface area (Å²) < 4.78 is 11.1. The fourth-order valence-corrected chi connectivity index (χ4v) is 2.26. The topological polar surface area (TPSA) is 60.2 Å². The van der Waals surface area contributed by atoms with E-state index in [1.807, 2.05) is 20.8 Å². The summed E-state index contributed by atoms with van der Waals surface area (Å²) in [5, 5.41) is 7.49. The number of nitrogens with one attached hydrogen (secondary N) is 1. The summed E-state index contributed by atoms with van der Waals surface area (Å²) in [6.45, 7) is 13.8. The first-order chi connectivity index (χ1) is 8.96. The van der Waals surface area contributed by atoms with Crippen LogP contribution in [0, 0.1) is 0 Å². The average Bonchev–Trinajstić information content (AvgIpc) is 2.80. The van der Waals surface area contributed by atoms with E-state index in [0.717, 1.165) is 13.0 Å². The van der Waals surface area contributed by atoms with Crippen molar-refractivity contribution in [3.05, 3.63) is 11.7 Å². The molecule has 0 aromatic carbocycles. The first-order valence-electron chi connectivity index (χ1n) is 7.17. The Balaban J connectivity index is 2.88. The van der Waals surface area contributed by atoms with Gasteiger partial charge >= 0.3 is 0 Å². The van der Waals surface area contributed by atoms with Crippen LogP contribution in [0.2, 0.25) is 0 Å². The molecule has 0 fully saturated rings. The van der Waals surface area contributed by atoms with E-state index in [1.165, 1.54) is 0 Å². The van der Waals surface area contributed by atoms with Gasteiger partial charge in [0.1, 0.15) is 5.60 Å². The van der Waals surface area contributed by atoms with E-state index in [1.54, 1.807) is 0 Å². The zero-order valence-corrected chi connectivity index (χ0v) is 13.0. The van der Waals surface area contributed by atoms with Gasteiger partial charge < -0.3 is 14.6 Å². The van der Waals surface area contributed by atoms with Crippen LogP contribution in [0.1, 0.15) is 65.6 Å². The standard InChI is InChI=1S/C14H27N3O2/c1-7-11(10(4)15-8-2)12-16-13(17-19-12)14(5,6)18-9-3/h10-11,15H,7-9H2,1-6H3. The summed E-state index contributed by atoms with van der Waals surface area (Å²) in [5.74, 6) is 1.55. The number of hydrogen-bond acceptors (Lipinski definition) is 5. The largest absolute Gasteiger partial charge is 0.368 e. The molecule has 110 valence electrons. The van der Waals surface area contributed by atoms with Gasteiger partial charge in [0.15, 0.2) is 0 Å². The fraction of sp³-hybridized carbons (Fsp3) is 0.857. The Kier molecular flexibility index (Phi) is 5.94. The molecule has 1 rings (SSSR count). The van der Waals surface area contributed by atoms with Crippen molar-refractivity contribution in [2.24, 2.45) is 0 Å². The molecule has 0 saturated carbocycles. The molecular weight excluding hydrogens is 242 g/mol. The summed E-state index contributed by atoms with van der Waals surface area (Å²) in [6.07, 6.45) is 0.963. The second-order valence-electron chi connectivity index (χ2n) is 5.26. The van der Waals surface area contributed by atoms with E-state index >= 15 is 0 Å². The van der Waals surface area contributed by atoms with E-state index in [9.17, 15) is 0 Å². The number of aromatic nitrogens is 2. The number of rotatable bonds is 8.